The van der Waals surface area contributed by atoms with Crippen molar-refractivity contribution in [3.05, 3.63) is 46.5 Å². The first-order valence-corrected chi connectivity index (χ1v) is 8.35. The summed E-state index contributed by atoms with van der Waals surface area (Å²) in [5, 5.41) is 3.99. The van der Waals surface area contributed by atoms with Crippen LogP contribution >= 0.6 is 11.6 Å². The number of benzene rings is 2. The van der Waals surface area contributed by atoms with Gasteiger partial charge in [-0.3, -0.25) is 0 Å². The van der Waals surface area contributed by atoms with Crippen LogP contribution in [0.15, 0.2) is 30.3 Å². The minimum absolute atomic E-state index is 0.536. The fraction of sp³-hybridized carbons (Fsp3) is 0.333. The molecule has 0 saturated heterocycles. The predicted octanol–water partition coefficient (Wildman–Crippen LogP) is 3.17. The second-order valence-electron chi connectivity index (χ2n) is 5.68. The minimum Gasteiger partial charge on any atom is -0.486 e. The number of hydrogen-bond donors (Lipinski definition) is 1. The number of ether oxygens (including phenoxy) is 4. The minimum atomic E-state index is 0.536. The molecule has 0 aliphatic carbocycles. The first-order chi connectivity index (χ1) is 11.8. The summed E-state index contributed by atoms with van der Waals surface area (Å²) in [5.74, 6) is 2.97. The number of halogens is 1. The molecule has 2 aromatic carbocycles. The lowest BCUT2D eigenvalue weighted by Gasteiger charge is -2.20. The van der Waals surface area contributed by atoms with Gasteiger partial charge in [0.05, 0.1) is 5.02 Å². The molecule has 2 aromatic rings. The maximum absolute atomic E-state index is 6.26. The Morgan fingerprint density at radius 1 is 0.750 bits per heavy atom. The zero-order valence-corrected chi connectivity index (χ0v) is 13.9. The summed E-state index contributed by atoms with van der Waals surface area (Å²) < 4.78 is 22.3. The standard InChI is InChI=1S/C18H18ClNO4/c19-14-7-13(9-17-18(14)24-6-5-23-17)11-20-10-12-1-2-15-16(8-12)22-4-3-21-15/h1-2,7-9,20H,3-6,10-11H2. The van der Waals surface area contributed by atoms with Crippen LogP contribution in [0.2, 0.25) is 5.02 Å². The van der Waals surface area contributed by atoms with E-state index in [1.54, 1.807) is 0 Å². The second kappa shape index (κ2) is 6.79. The van der Waals surface area contributed by atoms with E-state index in [2.05, 4.69) is 5.32 Å². The summed E-state index contributed by atoms with van der Waals surface area (Å²) in [6, 6.07) is 9.88. The van der Waals surface area contributed by atoms with E-state index in [1.807, 2.05) is 30.3 Å². The van der Waals surface area contributed by atoms with Crippen LogP contribution < -0.4 is 24.3 Å². The van der Waals surface area contributed by atoms with E-state index in [0.717, 1.165) is 29.2 Å². The van der Waals surface area contributed by atoms with Crippen molar-refractivity contribution in [1.82, 2.24) is 5.32 Å². The van der Waals surface area contributed by atoms with E-state index in [4.69, 9.17) is 30.5 Å². The number of fused-ring (bicyclic) bond motifs is 2. The zero-order valence-electron chi connectivity index (χ0n) is 13.1. The summed E-state index contributed by atoms with van der Waals surface area (Å²) in [6.45, 7) is 3.70. The van der Waals surface area contributed by atoms with E-state index in [1.165, 1.54) is 0 Å². The highest BCUT2D eigenvalue weighted by Gasteiger charge is 2.16. The molecule has 4 rings (SSSR count). The van der Waals surface area contributed by atoms with Gasteiger partial charge in [0.25, 0.3) is 0 Å². The molecule has 2 aliphatic heterocycles. The topological polar surface area (TPSA) is 49.0 Å². The third-order valence-corrected chi connectivity index (χ3v) is 4.20. The van der Waals surface area contributed by atoms with E-state index >= 15 is 0 Å². The molecule has 0 atom stereocenters. The monoisotopic (exact) mass is 347 g/mol. The first-order valence-electron chi connectivity index (χ1n) is 7.97. The summed E-state index contributed by atoms with van der Waals surface area (Å²) in [5.41, 5.74) is 2.20. The van der Waals surface area contributed by atoms with Crippen LogP contribution in [0.1, 0.15) is 11.1 Å². The molecule has 0 fully saturated rings. The average molecular weight is 348 g/mol. The summed E-state index contributed by atoms with van der Waals surface area (Å²) in [7, 11) is 0. The van der Waals surface area contributed by atoms with Crippen molar-refractivity contribution in [2.75, 3.05) is 26.4 Å². The largest absolute Gasteiger partial charge is 0.486 e. The Bertz CT molecular complexity index is 750. The van der Waals surface area contributed by atoms with Crippen molar-refractivity contribution in [2.24, 2.45) is 0 Å². The average Bonchev–Trinajstić information content (AvgIpc) is 2.62. The van der Waals surface area contributed by atoms with Crippen molar-refractivity contribution < 1.29 is 18.9 Å². The lowest BCUT2D eigenvalue weighted by atomic mass is 10.1. The van der Waals surface area contributed by atoms with E-state index < -0.39 is 0 Å². The quantitative estimate of drug-likeness (QED) is 0.920. The van der Waals surface area contributed by atoms with Gasteiger partial charge in [0.15, 0.2) is 23.0 Å². The molecular formula is C18H18ClNO4. The highest BCUT2D eigenvalue weighted by atomic mass is 35.5. The molecule has 24 heavy (non-hydrogen) atoms. The maximum Gasteiger partial charge on any atom is 0.179 e. The van der Waals surface area contributed by atoms with Gasteiger partial charge in [0, 0.05) is 13.1 Å². The first kappa shape index (κ1) is 15.4. The second-order valence-corrected chi connectivity index (χ2v) is 6.09. The van der Waals surface area contributed by atoms with Gasteiger partial charge in [-0.25, -0.2) is 0 Å². The van der Waals surface area contributed by atoms with E-state index in [9.17, 15) is 0 Å². The summed E-state index contributed by atoms with van der Waals surface area (Å²) in [6.07, 6.45) is 0. The van der Waals surface area contributed by atoms with Crippen LogP contribution in [0.3, 0.4) is 0 Å². The lowest BCUT2D eigenvalue weighted by Crippen LogP contribution is -2.18. The smallest absolute Gasteiger partial charge is 0.179 e. The van der Waals surface area contributed by atoms with Gasteiger partial charge in [-0.05, 0) is 35.4 Å². The highest BCUT2D eigenvalue weighted by molar-refractivity contribution is 6.32. The van der Waals surface area contributed by atoms with Crippen molar-refractivity contribution in [3.8, 4) is 23.0 Å². The van der Waals surface area contributed by atoms with Crippen LogP contribution in [0.5, 0.6) is 23.0 Å². The number of hydrogen-bond acceptors (Lipinski definition) is 5. The van der Waals surface area contributed by atoms with Crippen LogP contribution in [0.4, 0.5) is 0 Å². The summed E-state index contributed by atoms with van der Waals surface area (Å²) >= 11 is 6.26. The molecule has 2 heterocycles. The van der Waals surface area contributed by atoms with Gasteiger partial charge >= 0.3 is 0 Å². The molecular weight excluding hydrogens is 330 g/mol. The Labute approximate surface area is 145 Å². The van der Waals surface area contributed by atoms with Crippen LogP contribution in [-0.4, -0.2) is 26.4 Å². The van der Waals surface area contributed by atoms with Crippen molar-refractivity contribution in [1.29, 1.82) is 0 Å². The molecule has 0 bridgehead atoms. The molecule has 0 unspecified atom stereocenters. The normalized spacial score (nSPS) is 15.2. The zero-order chi connectivity index (χ0) is 16.4. The Morgan fingerprint density at radius 2 is 1.42 bits per heavy atom. The van der Waals surface area contributed by atoms with E-state index in [-0.39, 0.29) is 0 Å². The molecule has 0 aromatic heterocycles. The van der Waals surface area contributed by atoms with Crippen LogP contribution in [0.25, 0.3) is 0 Å². The van der Waals surface area contributed by atoms with Crippen LogP contribution in [0, 0.1) is 0 Å². The number of nitrogens with one attached hydrogen (secondary N) is 1. The Balaban J connectivity index is 1.40. The van der Waals surface area contributed by atoms with E-state index in [0.29, 0.717) is 49.5 Å². The maximum atomic E-state index is 6.26. The molecule has 0 saturated carbocycles. The molecule has 5 nitrogen and oxygen atoms in total. The molecule has 126 valence electrons. The molecule has 6 heteroatoms. The van der Waals surface area contributed by atoms with Crippen molar-refractivity contribution in [3.63, 3.8) is 0 Å². The third kappa shape index (κ3) is 3.23. The summed E-state index contributed by atoms with van der Waals surface area (Å²) in [4.78, 5) is 0. The van der Waals surface area contributed by atoms with Crippen LogP contribution in [-0.2, 0) is 13.1 Å². The van der Waals surface area contributed by atoms with Gasteiger partial charge in [-0.1, -0.05) is 17.7 Å². The fourth-order valence-electron chi connectivity index (χ4n) is 2.82. The van der Waals surface area contributed by atoms with Gasteiger partial charge < -0.3 is 24.3 Å². The Hall–Kier alpha value is -2.11. The van der Waals surface area contributed by atoms with Gasteiger partial charge in [0.1, 0.15) is 26.4 Å². The van der Waals surface area contributed by atoms with Gasteiger partial charge in [-0.15, -0.1) is 0 Å². The van der Waals surface area contributed by atoms with Gasteiger partial charge in [-0.2, -0.15) is 0 Å². The molecule has 0 spiro atoms. The Morgan fingerprint density at radius 3 is 2.29 bits per heavy atom. The fourth-order valence-corrected chi connectivity index (χ4v) is 3.10. The van der Waals surface area contributed by atoms with Crippen molar-refractivity contribution >= 4 is 11.6 Å². The number of rotatable bonds is 4. The van der Waals surface area contributed by atoms with Crippen molar-refractivity contribution in [2.45, 2.75) is 13.1 Å². The Kier molecular flexibility index (Phi) is 4.36. The molecule has 0 amide bonds. The third-order valence-electron chi connectivity index (χ3n) is 3.92. The molecule has 1 N–H and O–H groups in total. The SMILES string of the molecule is Clc1cc(CNCc2ccc3c(c2)OCCO3)cc2c1OCCO2. The lowest BCUT2D eigenvalue weighted by molar-refractivity contribution is 0.171. The predicted molar refractivity (Wildman–Crippen MR) is 90.4 cm³/mol. The highest BCUT2D eigenvalue weighted by Crippen LogP contribution is 2.38. The molecule has 0 radical (unpaired) electrons. The molecule has 2 aliphatic rings. The van der Waals surface area contributed by atoms with Gasteiger partial charge in [0.2, 0.25) is 0 Å².